The number of rotatable bonds is 4. The molecule has 0 aliphatic carbocycles. The zero-order valence-electron chi connectivity index (χ0n) is 12.2. The molecule has 0 unspecified atom stereocenters. The zero-order chi connectivity index (χ0) is 16.4. The van der Waals surface area contributed by atoms with Gasteiger partial charge in [0.15, 0.2) is 0 Å². The second kappa shape index (κ2) is 6.74. The first-order valence-electron chi connectivity index (χ1n) is 6.86. The molecule has 0 aliphatic rings. The Bertz CT molecular complexity index is 857. The van der Waals surface area contributed by atoms with Crippen LogP contribution < -0.4 is 5.32 Å². The number of benzene rings is 1. The van der Waals surface area contributed by atoms with E-state index in [1.54, 1.807) is 23.0 Å². The molecule has 0 bridgehead atoms. The normalized spacial score (nSPS) is 10.7. The lowest BCUT2D eigenvalue weighted by Crippen LogP contribution is -2.16. The molecule has 3 rings (SSSR count). The van der Waals surface area contributed by atoms with E-state index in [-0.39, 0.29) is 5.91 Å². The Kier molecular flexibility index (Phi) is 4.71. The third-order valence-corrected chi connectivity index (χ3v) is 5.25. The minimum atomic E-state index is -0.142. The van der Waals surface area contributed by atoms with Crippen LogP contribution >= 0.6 is 34.5 Å². The van der Waals surface area contributed by atoms with Crippen molar-refractivity contribution in [2.24, 2.45) is 0 Å². The second-order valence-electron chi connectivity index (χ2n) is 4.97. The maximum absolute atomic E-state index is 12.3. The lowest BCUT2D eigenvalue weighted by Gasteiger charge is -2.10. The summed E-state index contributed by atoms with van der Waals surface area (Å²) in [4.78, 5) is 13.0. The van der Waals surface area contributed by atoms with Crippen molar-refractivity contribution in [2.45, 2.75) is 13.5 Å². The highest BCUT2D eigenvalue weighted by molar-refractivity contribution is 7.12. The molecule has 0 aliphatic heterocycles. The number of aryl methyl sites for hydroxylation is 1. The number of halogens is 2. The van der Waals surface area contributed by atoms with Crippen LogP contribution in [0.5, 0.6) is 0 Å². The minimum absolute atomic E-state index is 0.142. The average Bonchev–Trinajstić information content (AvgIpc) is 3.13. The predicted octanol–water partition coefficient (Wildman–Crippen LogP) is 4.86. The van der Waals surface area contributed by atoms with Crippen molar-refractivity contribution < 1.29 is 4.79 Å². The molecule has 0 saturated carbocycles. The van der Waals surface area contributed by atoms with Gasteiger partial charge in [0.05, 0.1) is 27.7 Å². The molecule has 2 aromatic heterocycles. The first kappa shape index (κ1) is 16.1. The number of nitrogens with zero attached hydrogens (tertiary/aromatic N) is 2. The highest BCUT2D eigenvalue weighted by atomic mass is 35.5. The van der Waals surface area contributed by atoms with Crippen molar-refractivity contribution in [3.05, 3.63) is 68.0 Å². The van der Waals surface area contributed by atoms with E-state index >= 15 is 0 Å². The lowest BCUT2D eigenvalue weighted by atomic mass is 10.2. The summed E-state index contributed by atoms with van der Waals surface area (Å²) < 4.78 is 1.68. The fourth-order valence-electron chi connectivity index (χ4n) is 2.18. The van der Waals surface area contributed by atoms with Crippen LogP contribution in [0.3, 0.4) is 0 Å². The number of nitrogens with one attached hydrogen (secondary N) is 1. The van der Waals surface area contributed by atoms with Crippen LogP contribution in [0.4, 0.5) is 5.82 Å². The van der Waals surface area contributed by atoms with Gasteiger partial charge >= 0.3 is 0 Å². The van der Waals surface area contributed by atoms with Crippen LogP contribution in [0.1, 0.15) is 20.8 Å². The highest BCUT2D eigenvalue weighted by Crippen LogP contribution is 2.27. The van der Waals surface area contributed by atoms with Crippen molar-refractivity contribution in [1.29, 1.82) is 0 Å². The number of amides is 1. The van der Waals surface area contributed by atoms with Crippen LogP contribution in [-0.4, -0.2) is 15.7 Å². The SMILES string of the molecule is Cc1ccsc1C(=O)Nc1ccnn1Cc1cccc(Cl)c1Cl. The Morgan fingerprint density at radius 2 is 2.13 bits per heavy atom. The van der Waals surface area contributed by atoms with Gasteiger partial charge < -0.3 is 5.32 Å². The van der Waals surface area contributed by atoms with Crippen LogP contribution in [0.25, 0.3) is 0 Å². The molecule has 1 amide bonds. The topological polar surface area (TPSA) is 46.9 Å². The molecule has 0 saturated heterocycles. The number of carbonyl (C=O) groups excluding carboxylic acids is 1. The van der Waals surface area contributed by atoms with Gasteiger partial charge in [-0.2, -0.15) is 5.10 Å². The molecule has 0 radical (unpaired) electrons. The Morgan fingerprint density at radius 3 is 2.87 bits per heavy atom. The third kappa shape index (κ3) is 3.42. The van der Waals surface area contributed by atoms with Gasteiger partial charge in [0.25, 0.3) is 5.91 Å². The predicted molar refractivity (Wildman–Crippen MR) is 94.8 cm³/mol. The van der Waals surface area contributed by atoms with E-state index in [4.69, 9.17) is 23.2 Å². The molecule has 23 heavy (non-hydrogen) atoms. The standard InChI is InChI=1S/C16H13Cl2N3OS/c1-10-6-8-23-15(10)16(22)20-13-5-7-19-21(13)9-11-3-2-4-12(17)14(11)18/h2-8H,9H2,1H3,(H,20,22). The van der Waals surface area contributed by atoms with Gasteiger partial charge in [-0.25, -0.2) is 4.68 Å². The van der Waals surface area contributed by atoms with E-state index in [0.717, 1.165) is 11.1 Å². The number of anilines is 1. The van der Waals surface area contributed by atoms with Crippen molar-refractivity contribution >= 4 is 46.3 Å². The summed E-state index contributed by atoms with van der Waals surface area (Å²) in [5.74, 6) is 0.468. The quantitative estimate of drug-likeness (QED) is 0.717. The summed E-state index contributed by atoms with van der Waals surface area (Å²) in [6.45, 7) is 2.33. The van der Waals surface area contributed by atoms with E-state index in [1.807, 2.05) is 30.5 Å². The summed E-state index contributed by atoms with van der Waals surface area (Å²) in [6, 6.07) is 9.12. The fraction of sp³-hybridized carbons (Fsp3) is 0.125. The highest BCUT2D eigenvalue weighted by Gasteiger charge is 2.14. The molecule has 7 heteroatoms. The maximum atomic E-state index is 12.3. The second-order valence-corrected chi connectivity index (χ2v) is 6.68. The van der Waals surface area contributed by atoms with E-state index in [9.17, 15) is 4.79 Å². The molecule has 118 valence electrons. The Hall–Kier alpha value is -1.82. The van der Waals surface area contributed by atoms with Crippen LogP contribution in [0.15, 0.2) is 41.9 Å². The molecular weight excluding hydrogens is 353 g/mol. The summed E-state index contributed by atoms with van der Waals surface area (Å²) in [7, 11) is 0. The monoisotopic (exact) mass is 365 g/mol. The van der Waals surface area contributed by atoms with Gasteiger partial charge in [-0.3, -0.25) is 4.79 Å². The summed E-state index contributed by atoms with van der Waals surface area (Å²) in [6.07, 6.45) is 1.63. The van der Waals surface area contributed by atoms with Crippen molar-refractivity contribution in [2.75, 3.05) is 5.32 Å². The van der Waals surface area contributed by atoms with Crippen LogP contribution in [0, 0.1) is 6.92 Å². The number of hydrogen-bond donors (Lipinski definition) is 1. The van der Waals surface area contributed by atoms with Gasteiger partial charge in [-0.1, -0.05) is 35.3 Å². The lowest BCUT2D eigenvalue weighted by molar-refractivity contribution is 0.102. The smallest absolute Gasteiger partial charge is 0.267 e. The van der Waals surface area contributed by atoms with E-state index in [2.05, 4.69) is 10.4 Å². The maximum Gasteiger partial charge on any atom is 0.267 e. The van der Waals surface area contributed by atoms with Crippen LogP contribution in [0.2, 0.25) is 10.0 Å². The van der Waals surface area contributed by atoms with Gasteiger partial charge in [-0.15, -0.1) is 11.3 Å². The van der Waals surface area contributed by atoms with E-state index in [1.165, 1.54) is 11.3 Å². The molecular formula is C16H13Cl2N3OS. The fourth-order valence-corrected chi connectivity index (χ4v) is 3.38. The van der Waals surface area contributed by atoms with Crippen molar-refractivity contribution in [3.8, 4) is 0 Å². The van der Waals surface area contributed by atoms with Crippen molar-refractivity contribution in [3.63, 3.8) is 0 Å². The van der Waals surface area contributed by atoms with E-state index < -0.39 is 0 Å². The molecule has 0 fully saturated rings. The summed E-state index contributed by atoms with van der Waals surface area (Å²) >= 11 is 13.7. The first-order valence-corrected chi connectivity index (χ1v) is 8.50. The Morgan fingerprint density at radius 1 is 1.30 bits per heavy atom. The third-order valence-electron chi connectivity index (χ3n) is 3.38. The van der Waals surface area contributed by atoms with Gasteiger partial charge in [0.2, 0.25) is 0 Å². The molecule has 1 aromatic carbocycles. The number of carbonyl (C=O) groups is 1. The van der Waals surface area contributed by atoms with Gasteiger partial charge in [0, 0.05) is 6.07 Å². The molecule has 1 N–H and O–H groups in total. The summed E-state index contributed by atoms with van der Waals surface area (Å²) in [5.41, 5.74) is 1.79. The Balaban J connectivity index is 1.81. The Labute approximate surface area is 147 Å². The largest absolute Gasteiger partial charge is 0.306 e. The zero-order valence-corrected chi connectivity index (χ0v) is 14.5. The molecule has 4 nitrogen and oxygen atoms in total. The van der Waals surface area contributed by atoms with Gasteiger partial charge in [-0.05, 0) is 35.6 Å². The molecule has 3 aromatic rings. The minimum Gasteiger partial charge on any atom is -0.306 e. The average molecular weight is 366 g/mol. The first-order chi connectivity index (χ1) is 11.1. The number of aromatic nitrogens is 2. The van der Waals surface area contributed by atoms with E-state index in [0.29, 0.717) is 27.3 Å². The molecule has 0 spiro atoms. The number of thiophene rings is 1. The van der Waals surface area contributed by atoms with Gasteiger partial charge in [0.1, 0.15) is 5.82 Å². The molecule has 2 heterocycles. The van der Waals surface area contributed by atoms with Crippen LogP contribution in [-0.2, 0) is 6.54 Å². The van der Waals surface area contributed by atoms with Crippen molar-refractivity contribution in [1.82, 2.24) is 9.78 Å². The number of hydrogen-bond acceptors (Lipinski definition) is 3. The molecule has 0 atom stereocenters. The summed E-state index contributed by atoms with van der Waals surface area (Å²) in [5, 5.41) is 10.0.